The van der Waals surface area contributed by atoms with E-state index in [1.807, 2.05) is 6.26 Å². The average molecular weight is 410 g/mol. The highest BCUT2D eigenvalue weighted by atomic mass is 32.2. The summed E-state index contributed by atoms with van der Waals surface area (Å²) in [5, 5.41) is 41.1. The maximum Gasteiger partial charge on any atom is 0.541 e. The summed E-state index contributed by atoms with van der Waals surface area (Å²) >= 11 is 2.62. The van der Waals surface area contributed by atoms with E-state index in [-0.39, 0.29) is 11.3 Å². The standard InChI is InChI=1S/C15H19BN4O5S2/c1-20-7-17-19-15(20)27-9-4-3-8-5-10(18-11(21)6-26-2)16(24)25-13(8)12(9)14(22)23/h3-4,7,10-11,18,21,24H,5-6H2,1-2H3,(H,22,23)/t10-,11?/m0/s1. The fourth-order valence-electron chi connectivity index (χ4n) is 2.79. The van der Waals surface area contributed by atoms with Crippen molar-refractivity contribution in [3.05, 3.63) is 29.6 Å². The van der Waals surface area contributed by atoms with Crippen molar-refractivity contribution in [2.24, 2.45) is 7.05 Å². The first kappa shape index (κ1) is 20.0. The molecule has 0 fully saturated rings. The van der Waals surface area contributed by atoms with Crippen molar-refractivity contribution in [1.29, 1.82) is 0 Å². The van der Waals surface area contributed by atoms with Gasteiger partial charge in [0.1, 0.15) is 23.9 Å². The number of nitrogens with zero attached hydrogens (tertiary/aromatic N) is 3. The molecule has 27 heavy (non-hydrogen) atoms. The third kappa shape index (κ3) is 4.41. The number of benzene rings is 1. The van der Waals surface area contributed by atoms with Gasteiger partial charge in [0, 0.05) is 17.7 Å². The number of hydrogen-bond donors (Lipinski definition) is 4. The van der Waals surface area contributed by atoms with Crippen LogP contribution in [0.15, 0.2) is 28.5 Å². The van der Waals surface area contributed by atoms with Crippen LogP contribution in [-0.2, 0) is 13.5 Å². The van der Waals surface area contributed by atoms with Gasteiger partial charge in [-0.05, 0) is 36.1 Å². The highest BCUT2D eigenvalue weighted by Crippen LogP contribution is 2.38. The van der Waals surface area contributed by atoms with Crippen LogP contribution >= 0.6 is 23.5 Å². The molecule has 1 aliphatic rings. The molecule has 0 bridgehead atoms. The molecule has 0 saturated carbocycles. The van der Waals surface area contributed by atoms with Crippen LogP contribution in [0.2, 0.25) is 0 Å². The van der Waals surface area contributed by atoms with Gasteiger partial charge < -0.3 is 24.5 Å². The second-order valence-electron chi connectivity index (χ2n) is 6.02. The summed E-state index contributed by atoms with van der Waals surface area (Å²) in [4.78, 5) is 12.3. The molecule has 1 unspecified atom stereocenters. The first-order valence-electron chi connectivity index (χ1n) is 8.09. The molecule has 2 atom stereocenters. The lowest BCUT2D eigenvalue weighted by atomic mass is 9.72. The van der Waals surface area contributed by atoms with Gasteiger partial charge in [-0.3, -0.25) is 5.32 Å². The zero-order chi connectivity index (χ0) is 19.6. The van der Waals surface area contributed by atoms with E-state index >= 15 is 0 Å². The number of thioether (sulfide) groups is 1. The number of aromatic nitrogens is 3. The molecule has 1 aromatic carbocycles. The normalized spacial score (nSPS) is 17.3. The van der Waals surface area contributed by atoms with Gasteiger partial charge in [-0.2, -0.15) is 11.8 Å². The number of hydrogen-bond acceptors (Lipinski definition) is 9. The summed E-state index contributed by atoms with van der Waals surface area (Å²) in [5.74, 6) is -1.10. The molecule has 1 aliphatic heterocycles. The van der Waals surface area contributed by atoms with Crippen molar-refractivity contribution in [1.82, 2.24) is 20.1 Å². The predicted molar refractivity (Wildman–Crippen MR) is 102 cm³/mol. The number of fused-ring (bicyclic) bond motifs is 1. The fraction of sp³-hybridized carbons (Fsp3) is 0.400. The van der Waals surface area contributed by atoms with E-state index in [4.69, 9.17) is 4.65 Å². The summed E-state index contributed by atoms with van der Waals surface area (Å²) in [7, 11) is 0.486. The molecule has 0 saturated heterocycles. The van der Waals surface area contributed by atoms with Crippen LogP contribution in [0.5, 0.6) is 5.75 Å². The average Bonchev–Trinajstić information content (AvgIpc) is 3.00. The van der Waals surface area contributed by atoms with Gasteiger partial charge in [0.15, 0.2) is 5.16 Å². The van der Waals surface area contributed by atoms with Crippen LogP contribution in [0.25, 0.3) is 0 Å². The third-order valence-corrected chi connectivity index (χ3v) is 5.80. The van der Waals surface area contributed by atoms with Crippen molar-refractivity contribution in [2.75, 3.05) is 12.0 Å². The molecule has 144 valence electrons. The topological polar surface area (TPSA) is 130 Å². The van der Waals surface area contributed by atoms with Crippen LogP contribution in [0.3, 0.4) is 0 Å². The van der Waals surface area contributed by atoms with Crippen molar-refractivity contribution in [3.63, 3.8) is 0 Å². The first-order chi connectivity index (χ1) is 12.9. The molecule has 12 heteroatoms. The Balaban J connectivity index is 1.90. The Hall–Kier alpha value is -1.73. The number of nitrogens with one attached hydrogen (secondary N) is 1. The first-order valence-corrected chi connectivity index (χ1v) is 10.3. The zero-order valence-electron chi connectivity index (χ0n) is 14.7. The van der Waals surface area contributed by atoms with E-state index in [1.54, 1.807) is 23.7 Å². The molecule has 4 N–H and O–H groups in total. The largest absolute Gasteiger partial charge is 0.541 e. The maximum absolute atomic E-state index is 11.9. The van der Waals surface area contributed by atoms with Crippen LogP contribution in [0.4, 0.5) is 0 Å². The van der Waals surface area contributed by atoms with E-state index in [0.29, 0.717) is 27.8 Å². The second kappa shape index (κ2) is 8.53. The fourth-order valence-corrected chi connectivity index (χ4v) is 4.09. The molecular formula is C15H19BN4O5S2. The Morgan fingerprint density at radius 3 is 2.96 bits per heavy atom. The number of aliphatic hydroxyl groups is 1. The van der Waals surface area contributed by atoms with Gasteiger partial charge >= 0.3 is 13.1 Å². The predicted octanol–water partition coefficient (Wildman–Crippen LogP) is 0.259. The zero-order valence-corrected chi connectivity index (χ0v) is 16.3. The monoisotopic (exact) mass is 410 g/mol. The van der Waals surface area contributed by atoms with Gasteiger partial charge in [0.2, 0.25) is 0 Å². The van der Waals surface area contributed by atoms with E-state index in [0.717, 1.165) is 11.8 Å². The lowest BCUT2D eigenvalue weighted by Crippen LogP contribution is -2.55. The van der Waals surface area contributed by atoms with Crippen LogP contribution in [0.1, 0.15) is 15.9 Å². The number of carboxylic acids is 1. The molecule has 1 aromatic heterocycles. The minimum atomic E-state index is -1.28. The Labute approximate surface area is 164 Å². The summed E-state index contributed by atoms with van der Waals surface area (Å²) in [6.45, 7) is 0. The van der Waals surface area contributed by atoms with E-state index in [2.05, 4.69) is 15.5 Å². The molecular weight excluding hydrogens is 391 g/mol. The van der Waals surface area contributed by atoms with Gasteiger partial charge in [0.05, 0.1) is 5.94 Å². The molecule has 2 heterocycles. The highest BCUT2D eigenvalue weighted by molar-refractivity contribution is 7.99. The van der Waals surface area contributed by atoms with Crippen LogP contribution in [0, 0.1) is 0 Å². The van der Waals surface area contributed by atoms with Crippen molar-refractivity contribution >= 4 is 36.6 Å². The summed E-state index contributed by atoms with van der Waals surface area (Å²) < 4.78 is 7.22. The number of aryl methyl sites for hydroxylation is 1. The lowest BCUT2D eigenvalue weighted by molar-refractivity contribution is 0.0689. The molecule has 0 amide bonds. The van der Waals surface area contributed by atoms with Gasteiger partial charge in [-0.15, -0.1) is 10.2 Å². The van der Waals surface area contributed by atoms with Crippen molar-refractivity contribution in [3.8, 4) is 5.75 Å². The Bertz CT molecular complexity index is 837. The number of aliphatic hydroxyl groups excluding tert-OH is 1. The summed E-state index contributed by atoms with van der Waals surface area (Å²) in [6.07, 6.45) is 2.92. The lowest BCUT2D eigenvalue weighted by Gasteiger charge is -2.31. The molecule has 2 aromatic rings. The van der Waals surface area contributed by atoms with Gasteiger partial charge in [-0.1, -0.05) is 6.07 Å². The quantitative estimate of drug-likeness (QED) is 0.373. The molecule has 0 radical (unpaired) electrons. The van der Waals surface area contributed by atoms with Crippen molar-refractivity contribution in [2.45, 2.75) is 28.6 Å². The molecule has 0 aliphatic carbocycles. The van der Waals surface area contributed by atoms with Gasteiger partial charge in [0.25, 0.3) is 0 Å². The Morgan fingerprint density at radius 1 is 1.56 bits per heavy atom. The van der Waals surface area contributed by atoms with E-state index in [9.17, 15) is 20.0 Å². The number of carbonyl (C=O) groups is 1. The van der Waals surface area contributed by atoms with Crippen LogP contribution < -0.4 is 9.97 Å². The third-order valence-electron chi connectivity index (χ3n) is 4.04. The number of rotatable bonds is 7. The summed E-state index contributed by atoms with van der Waals surface area (Å²) in [5.41, 5.74) is 0.622. The smallest absolute Gasteiger partial charge is 0.534 e. The molecule has 9 nitrogen and oxygen atoms in total. The molecule has 3 rings (SSSR count). The van der Waals surface area contributed by atoms with E-state index in [1.165, 1.54) is 18.1 Å². The number of carboxylic acid groups (broad SMARTS) is 1. The van der Waals surface area contributed by atoms with Crippen molar-refractivity contribution < 1.29 is 24.7 Å². The minimum absolute atomic E-state index is 0.0253. The SMILES string of the molecule is CSCC(O)N[C@H]1Cc2ccc(Sc3nncn3C)c(C(=O)O)c2OB1O. The molecule has 0 spiro atoms. The second-order valence-corrected chi connectivity index (χ2v) is 7.94. The van der Waals surface area contributed by atoms with Gasteiger partial charge in [-0.25, -0.2) is 4.79 Å². The minimum Gasteiger partial charge on any atom is -0.534 e. The number of aromatic carboxylic acids is 1. The van der Waals surface area contributed by atoms with Crippen LogP contribution in [-0.4, -0.2) is 67.3 Å². The summed E-state index contributed by atoms with van der Waals surface area (Å²) in [6, 6.07) is 3.46. The van der Waals surface area contributed by atoms with E-state index < -0.39 is 25.3 Å². The highest BCUT2D eigenvalue weighted by Gasteiger charge is 2.38. The maximum atomic E-state index is 11.9. The Kier molecular flexibility index (Phi) is 6.32. The Morgan fingerprint density at radius 2 is 2.33 bits per heavy atom.